The molecule has 16 heteroatoms. The van der Waals surface area contributed by atoms with Crippen molar-refractivity contribution in [3.63, 3.8) is 0 Å². The van der Waals surface area contributed by atoms with Crippen LogP contribution in [-0.4, -0.2) is 110 Å². The van der Waals surface area contributed by atoms with E-state index in [1.165, 1.54) is 29.6 Å². The Morgan fingerprint density at radius 1 is 1.09 bits per heavy atom. The molecule has 0 radical (unpaired) electrons. The van der Waals surface area contributed by atoms with Gasteiger partial charge in [0.05, 0.1) is 40.3 Å². The third-order valence-electron chi connectivity index (χ3n) is 8.06. The molecule has 1 spiro atoms. The van der Waals surface area contributed by atoms with Gasteiger partial charge in [0.2, 0.25) is 20.0 Å². The fourth-order valence-corrected chi connectivity index (χ4v) is 7.76. The smallest absolute Gasteiger partial charge is 0.407 e. The Balaban J connectivity index is 1.06. The first-order valence-electron chi connectivity index (χ1n) is 14.3. The van der Waals surface area contributed by atoms with Gasteiger partial charge < -0.3 is 34.3 Å². The van der Waals surface area contributed by atoms with Crippen molar-refractivity contribution >= 4 is 31.8 Å². The second-order valence-corrected chi connectivity index (χ2v) is 14.9. The molecule has 3 N–H and O–H groups in total. The number of fused-ring (bicyclic) bond motifs is 1. The molecule has 5 rings (SSSR count). The Morgan fingerprint density at radius 3 is 2.61 bits per heavy atom. The number of carbonyl (C=O) groups excluding carboxylic acids is 1. The summed E-state index contributed by atoms with van der Waals surface area (Å²) in [6.07, 6.45) is -0.390. The van der Waals surface area contributed by atoms with E-state index in [4.69, 9.17) is 18.9 Å². The summed E-state index contributed by atoms with van der Waals surface area (Å²) in [4.78, 5) is 14.6. The third kappa shape index (κ3) is 7.21. The van der Waals surface area contributed by atoms with Crippen molar-refractivity contribution < 1.29 is 45.7 Å². The van der Waals surface area contributed by atoms with Gasteiger partial charge in [-0.1, -0.05) is 6.07 Å². The lowest BCUT2D eigenvalue weighted by Gasteiger charge is -2.38. The summed E-state index contributed by atoms with van der Waals surface area (Å²) in [6.45, 7) is 1.52. The number of nitrogens with zero attached hydrogens (tertiary/aromatic N) is 2. The first kappa shape index (κ1) is 32.2. The van der Waals surface area contributed by atoms with E-state index in [2.05, 4.69) is 10.0 Å². The van der Waals surface area contributed by atoms with Crippen LogP contribution in [0, 0.1) is 0 Å². The van der Waals surface area contributed by atoms with E-state index in [0.29, 0.717) is 51.3 Å². The van der Waals surface area contributed by atoms with Gasteiger partial charge in [0.15, 0.2) is 0 Å². The van der Waals surface area contributed by atoms with Crippen molar-refractivity contribution in [2.45, 2.75) is 46.8 Å². The van der Waals surface area contributed by atoms with Crippen molar-refractivity contribution in [1.29, 1.82) is 0 Å². The molecule has 2 aromatic carbocycles. The van der Waals surface area contributed by atoms with Crippen LogP contribution in [0.15, 0.2) is 52.3 Å². The number of anilines is 1. The van der Waals surface area contributed by atoms with Crippen LogP contribution in [0.1, 0.15) is 19.3 Å². The Morgan fingerprint density at radius 2 is 1.86 bits per heavy atom. The van der Waals surface area contributed by atoms with Gasteiger partial charge in [-0.3, -0.25) is 0 Å². The number of rotatable bonds is 10. The molecule has 2 aromatic rings. The minimum atomic E-state index is -3.70. The Hall–Kier alpha value is -3.15. The zero-order chi connectivity index (χ0) is 31.5. The normalized spacial score (nSPS) is 20.9. The average molecular weight is 655 g/mol. The number of aliphatic hydroxyl groups is 1. The summed E-state index contributed by atoms with van der Waals surface area (Å²) in [5, 5.41) is 12.9. The molecule has 0 aliphatic carbocycles. The number of hydrogen-bond acceptors (Lipinski definition) is 11. The monoisotopic (exact) mass is 654 g/mol. The fraction of sp³-hybridized carbons (Fsp3) is 0.536. The van der Waals surface area contributed by atoms with Crippen LogP contribution in [0.25, 0.3) is 0 Å². The molecule has 3 aliphatic heterocycles. The second kappa shape index (κ2) is 13.1. The zero-order valence-corrected chi connectivity index (χ0v) is 26.2. The standard InChI is InChI=1S/C28H38N4O10S2/c1-29-43(35,36)23-5-3-4-22(14-23)40-18-21(33)19-41-27(34)30-20-16-28(42-17-20)8-10-32(11-9-28)44(37,38)24-6-7-26-25(15-24)31(2)12-13-39-26/h3-7,14-15,20-21,29,33H,8-13,16-19H2,1-2H3,(H,30,34)/t20-,21?/m1/s1. The number of likely N-dealkylation sites (N-methyl/N-ethyl adjacent to an activating group) is 1. The molecule has 0 aromatic heterocycles. The molecule has 3 heterocycles. The summed E-state index contributed by atoms with van der Waals surface area (Å²) in [5.74, 6) is 0.905. The Labute approximate surface area is 257 Å². The van der Waals surface area contributed by atoms with E-state index >= 15 is 0 Å². The summed E-state index contributed by atoms with van der Waals surface area (Å²) >= 11 is 0. The molecule has 242 valence electrons. The third-order valence-corrected chi connectivity index (χ3v) is 11.4. The van der Waals surface area contributed by atoms with Crippen LogP contribution in [-0.2, 0) is 29.5 Å². The maximum absolute atomic E-state index is 13.4. The molecule has 1 unspecified atom stereocenters. The largest absolute Gasteiger partial charge is 0.491 e. The van der Waals surface area contributed by atoms with Crippen molar-refractivity contribution in [2.75, 3.05) is 65.1 Å². The summed E-state index contributed by atoms with van der Waals surface area (Å²) in [6, 6.07) is 10.4. The van der Waals surface area contributed by atoms with E-state index < -0.39 is 37.8 Å². The average Bonchev–Trinajstić information content (AvgIpc) is 3.40. The van der Waals surface area contributed by atoms with E-state index in [9.17, 15) is 26.7 Å². The fourth-order valence-electron chi connectivity index (χ4n) is 5.53. The van der Waals surface area contributed by atoms with E-state index in [0.717, 1.165) is 5.69 Å². The molecular weight excluding hydrogens is 616 g/mol. The van der Waals surface area contributed by atoms with Gasteiger partial charge in [-0.05, 0) is 56.6 Å². The lowest BCUT2D eigenvalue weighted by molar-refractivity contribution is -0.0312. The quantitative estimate of drug-likeness (QED) is 0.332. The maximum Gasteiger partial charge on any atom is 0.407 e. The van der Waals surface area contributed by atoms with Crippen LogP contribution >= 0.6 is 0 Å². The van der Waals surface area contributed by atoms with Crippen molar-refractivity contribution in [2.24, 2.45) is 0 Å². The lowest BCUT2D eigenvalue weighted by atomic mass is 9.88. The molecule has 2 saturated heterocycles. The molecule has 14 nitrogen and oxygen atoms in total. The molecule has 44 heavy (non-hydrogen) atoms. The summed E-state index contributed by atoms with van der Waals surface area (Å²) in [7, 11) is -4.14. The Kier molecular flexibility index (Phi) is 9.58. The maximum atomic E-state index is 13.4. The summed E-state index contributed by atoms with van der Waals surface area (Å²) < 4.78 is 76.7. The van der Waals surface area contributed by atoms with Crippen LogP contribution in [0.5, 0.6) is 11.5 Å². The molecule has 2 fully saturated rings. The van der Waals surface area contributed by atoms with Crippen molar-refractivity contribution in [3.05, 3.63) is 42.5 Å². The van der Waals surface area contributed by atoms with Crippen LogP contribution in [0.4, 0.5) is 10.5 Å². The zero-order valence-electron chi connectivity index (χ0n) is 24.6. The lowest BCUT2D eigenvalue weighted by Crippen LogP contribution is -2.47. The molecule has 2 atom stereocenters. The molecule has 0 bridgehead atoms. The number of ether oxygens (including phenoxy) is 4. The van der Waals surface area contributed by atoms with Gasteiger partial charge in [0, 0.05) is 26.2 Å². The number of amides is 1. The molecule has 1 amide bonds. The van der Waals surface area contributed by atoms with Gasteiger partial charge in [-0.15, -0.1) is 0 Å². The highest BCUT2D eigenvalue weighted by molar-refractivity contribution is 7.89. The number of carbonyl (C=O) groups is 1. The first-order chi connectivity index (χ1) is 20.9. The predicted molar refractivity (Wildman–Crippen MR) is 159 cm³/mol. The highest BCUT2D eigenvalue weighted by Crippen LogP contribution is 2.39. The number of alkyl carbamates (subject to hydrolysis) is 1. The van der Waals surface area contributed by atoms with Crippen LogP contribution in [0.3, 0.4) is 0 Å². The second-order valence-electron chi connectivity index (χ2n) is 11.1. The van der Waals surface area contributed by atoms with Gasteiger partial charge in [0.25, 0.3) is 0 Å². The van der Waals surface area contributed by atoms with Gasteiger partial charge in [0.1, 0.15) is 37.4 Å². The van der Waals surface area contributed by atoms with Gasteiger partial charge >= 0.3 is 6.09 Å². The first-order valence-corrected chi connectivity index (χ1v) is 17.2. The number of nitrogens with one attached hydrogen (secondary N) is 2. The number of aliphatic hydroxyl groups excluding tert-OH is 1. The van der Waals surface area contributed by atoms with E-state index in [1.54, 1.807) is 24.3 Å². The molecule has 3 aliphatic rings. The SMILES string of the molecule is CNS(=O)(=O)c1cccc(OCC(O)COC(=O)N[C@H]2COC3(CCN(S(=O)(=O)c4ccc5c(c4)N(C)CCO5)CC3)C2)c1. The number of hydrogen-bond donors (Lipinski definition) is 3. The molecule has 0 saturated carbocycles. The van der Waals surface area contributed by atoms with E-state index in [-0.39, 0.29) is 41.4 Å². The molecular formula is C28H38N4O10S2. The highest BCUT2D eigenvalue weighted by Gasteiger charge is 2.45. The number of piperidine rings is 1. The predicted octanol–water partition coefficient (Wildman–Crippen LogP) is 0.902. The van der Waals surface area contributed by atoms with Crippen molar-refractivity contribution in [3.8, 4) is 11.5 Å². The van der Waals surface area contributed by atoms with E-state index in [1.807, 2.05) is 11.9 Å². The summed E-state index contributed by atoms with van der Waals surface area (Å²) in [5.41, 5.74) is 0.203. The number of sulfonamides is 2. The highest BCUT2D eigenvalue weighted by atomic mass is 32.2. The van der Waals surface area contributed by atoms with Gasteiger partial charge in [-0.25, -0.2) is 26.4 Å². The van der Waals surface area contributed by atoms with Gasteiger partial charge in [-0.2, -0.15) is 4.31 Å². The topological polar surface area (TPSA) is 173 Å². The van der Waals surface area contributed by atoms with Crippen LogP contribution < -0.4 is 24.4 Å². The van der Waals surface area contributed by atoms with Crippen LogP contribution in [0.2, 0.25) is 0 Å². The van der Waals surface area contributed by atoms with Crippen molar-refractivity contribution in [1.82, 2.24) is 14.3 Å². The number of benzene rings is 2. The Bertz CT molecular complexity index is 1560. The minimum Gasteiger partial charge on any atom is -0.491 e. The minimum absolute atomic E-state index is 0.0180.